The van der Waals surface area contributed by atoms with Gasteiger partial charge in [0.1, 0.15) is 0 Å². The van der Waals surface area contributed by atoms with Crippen LogP contribution >= 0.6 is 0 Å². The van der Waals surface area contributed by atoms with Crippen LogP contribution in [0, 0.1) is 0 Å². The van der Waals surface area contributed by atoms with Crippen LogP contribution in [-0.2, 0) is 19.5 Å². The Morgan fingerprint density at radius 1 is 1.00 bits per heavy atom. The molecule has 2 N–H and O–H groups in total. The Hall–Kier alpha value is -2.40. The highest BCUT2D eigenvalue weighted by molar-refractivity contribution is 5.79. The zero-order valence-electron chi connectivity index (χ0n) is 17.0. The van der Waals surface area contributed by atoms with Crippen molar-refractivity contribution in [1.82, 2.24) is 20.5 Å². The molecule has 0 atom stereocenters. The van der Waals surface area contributed by atoms with Crippen LogP contribution in [0.3, 0.4) is 0 Å². The first-order valence-corrected chi connectivity index (χ1v) is 10.5. The smallest absolute Gasteiger partial charge is 0.191 e. The molecule has 1 aromatic carbocycles. The van der Waals surface area contributed by atoms with Crippen LogP contribution in [0.1, 0.15) is 42.5 Å². The normalized spacial score (nSPS) is 15.8. The SMILES string of the molecule is CN=C(NCCc1ccccn1)NCc1cccc(CN2CCCCCC2)c1. The fraction of sp³-hybridized carbons (Fsp3) is 0.478. The Morgan fingerprint density at radius 3 is 2.57 bits per heavy atom. The molecule has 0 saturated carbocycles. The summed E-state index contributed by atoms with van der Waals surface area (Å²) in [5.41, 5.74) is 3.78. The van der Waals surface area contributed by atoms with Crippen molar-refractivity contribution in [1.29, 1.82) is 0 Å². The average Bonchev–Trinajstić information content (AvgIpc) is 3.00. The monoisotopic (exact) mass is 379 g/mol. The highest BCUT2D eigenvalue weighted by Crippen LogP contribution is 2.14. The predicted octanol–water partition coefficient (Wildman–Crippen LogP) is 3.37. The molecule has 1 saturated heterocycles. The van der Waals surface area contributed by atoms with Crippen LogP contribution < -0.4 is 10.6 Å². The molecule has 2 heterocycles. The van der Waals surface area contributed by atoms with Crippen molar-refractivity contribution in [2.24, 2.45) is 4.99 Å². The molecule has 0 amide bonds. The second-order valence-electron chi connectivity index (χ2n) is 7.43. The number of guanidine groups is 1. The van der Waals surface area contributed by atoms with E-state index in [0.717, 1.165) is 37.7 Å². The Bertz CT molecular complexity index is 721. The molecule has 0 radical (unpaired) electrons. The molecule has 28 heavy (non-hydrogen) atoms. The number of benzene rings is 1. The van der Waals surface area contributed by atoms with E-state index in [1.807, 2.05) is 31.4 Å². The molecule has 0 spiro atoms. The third-order valence-electron chi connectivity index (χ3n) is 5.18. The van der Waals surface area contributed by atoms with Gasteiger partial charge in [-0.15, -0.1) is 0 Å². The van der Waals surface area contributed by atoms with Gasteiger partial charge in [-0.25, -0.2) is 0 Å². The van der Waals surface area contributed by atoms with Crippen LogP contribution in [0.15, 0.2) is 53.7 Å². The second-order valence-corrected chi connectivity index (χ2v) is 7.43. The maximum Gasteiger partial charge on any atom is 0.191 e. The van der Waals surface area contributed by atoms with Crippen molar-refractivity contribution in [3.63, 3.8) is 0 Å². The van der Waals surface area contributed by atoms with Crippen LogP contribution in [-0.4, -0.2) is 42.5 Å². The molecule has 1 fully saturated rings. The highest BCUT2D eigenvalue weighted by atomic mass is 15.2. The lowest BCUT2D eigenvalue weighted by Crippen LogP contribution is -2.37. The summed E-state index contributed by atoms with van der Waals surface area (Å²) in [4.78, 5) is 11.3. The molecule has 0 bridgehead atoms. The van der Waals surface area contributed by atoms with E-state index >= 15 is 0 Å². The van der Waals surface area contributed by atoms with Gasteiger partial charge in [-0.1, -0.05) is 43.2 Å². The van der Waals surface area contributed by atoms with Gasteiger partial charge >= 0.3 is 0 Å². The predicted molar refractivity (Wildman–Crippen MR) is 116 cm³/mol. The van der Waals surface area contributed by atoms with Crippen LogP contribution in [0.2, 0.25) is 0 Å². The third kappa shape index (κ3) is 6.97. The number of hydrogen-bond donors (Lipinski definition) is 2. The minimum absolute atomic E-state index is 0.775. The standard InChI is InChI=1S/C23H33N5/c1-24-23(26-14-12-22-11-4-5-13-25-22)27-18-20-9-8-10-21(17-20)19-28-15-6-2-3-7-16-28/h4-5,8-11,13,17H,2-3,6-7,12,14-16,18-19H2,1H3,(H2,24,26,27). The third-order valence-corrected chi connectivity index (χ3v) is 5.18. The molecular formula is C23H33N5. The zero-order valence-corrected chi connectivity index (χ0v) is 17.0. The van der Waals surface area contributed by atoms with E-state index in [-0.39, 0.29) is 0 Å². The fourth-order valence-corrected chi connectivity index (χ4v) is 3.65. The van der Waals surface area contributed by atoms with Crippen LogP contribution in [0.5, 0.6) is 0 Å². The fourth-order valence-electron chi connectivity index (χ4n) is 3.65. The van der Waals surface area contributed by atoms with Gasteiger partial charge in [0.15, 0.2) is 5.96 Å². The molecule has 150 valence electrons. The van der Waals surface area contributed by atoms with Crippen LogP contribution in [0.25, 0.3) is 0 Å². The van der Waals surface area contributed by atoms with Crippen molar-refractivity contribution >= 4 is 5.96 Å². The summed E-state index contributed by atoms with van der Waals surface area (Å²) < 4.78 is 0. The lowest BCUT2D eigenvalue weighted by Gasteiger charge is -2.20. The molecule has 1 aromatic heterocycles. The second kappa shape index (κ2) is 11.4. The number of likely N-dealkylation sites (tertiary alicyclic amines) is 1. The van der Waals surface area contributed by atoms with Gasteiger partial charge in [-0.2, -0.15) is 0 Å². The Balaban J connectivity index is 1.44. The number of rotatable bonds is 7. The molecule has 1 aliphatic heterocycles. The Morgan fingerprint density at radius 2 is 1.82 bits per heavy atom. The van der Waals surface area contributed by atoms with Crippen molar-refractivity contribution in [3.05, 3.63) is 65.5 Å². The van der Waals surface area contributed by atoms with Gasteiger partial charge < -0.3 is 10.6 Å². The average molecular weight is 380 g/mol. The van der Waals surface area contributed by atoms with Crippen LogP contribution in [0.4, 0.5) is 0 Å². The van der Waals surface area contributed by atoms with E-state index in [9.17, 15) is 0 Å². The van der Waals surface area contributed by atoms with Gasteiger partial charge in [-0.05, 0) is 49.2 Å². The van der Waals surface area contributed by atoms with E-state index in [1.54, 1.807) is 0 Å². The molecule has 5 heteroatoms. The lowest BCUT2D eigenvalue weighted by molar-refractivity contribution is 0.277. The van der Waals surface area contributed by atoms with E-state index in [2.05, 4.69) is 49.8 Å². The summed E-state index contributed by atoms with van der Waals surface area (Å²) >= 11 is 0. The first-order chi connectivity index (χ1) is 13.8. The summed E-state index contributed by atoms with van der Waals surface area (Å²) in [5.74, 6) is 0.828. The van der Waals surface area contributed by atoms with Gasteiger partial charge in [0.2, 0.25) is 0 Å². The number of aliphatic imine (C=N–C) groups is 1. The minimum atomic E-state index is 0.775. The quantitative estimate of drug-likeness (QED) is 0.572. The van der Waals surface area contributed by atoms with Crippen molar-refractivity contribution in [2.75, 3.05) is 26.7 Å². The van der Waals surface area contributed by atoms with Gasteiger partial charge in [-0.3, -0.25) is 14.9 Å². The first kappa shape index (κ1) is 20.3. The Labute approximate surface area is 169 Å². The van der Waals surface area contributed by atoms with Gasteiger partial charge in [0, 0.05) is 45.0 Å². The summed E-state index contributed by atoms with van der Waals surface area (Å²) in [6.45, 7) is 5.11. The molecule has 5 nitrogen and oxygen atoms in total. The lowest BCUT2D eigenvalue weighted by atomic mass is 10.1. The first-order valence-electron chi connectivity index (χ1n) is 10.5. The highest BCUT2D eigenvalue weighted by Gasteiger charge is 2.09. The minimum Gasteiger partial charge on any atom is -0.356 e. The molecule has 0 aliphatic carbocycles. The van der Waals surface area contributed by atoms with E-state index in [4.69, 9.17) is 0 Å². The molecule has 0 unspecified atom stereocenters. The Kier molecular flexibility index (Phi) is 8.31. The largest absolute Gasteiger partial charge is 0.356 e. The summed E-state index contributed by atoms with van der Waals surface area (Å²) in [6.07, 6.45) is 8.15. The molecule has 3 rings (SSSR count). The zero-order chi connectivity index (χ0) is 19.4. The number of aromatic nitrogens is 1. The van der Waals surface area contributed by atoms with E-state index < -0.39 is 0 Å². The number of hydrogen-bond acceptors (Lipinski definition) is 3. The number of nitrogens with one attached hydrogen (secondary N) is 2. The topological polar surface area (TPSA) is 52.6 Å². The summed E-state index contributed by atoms with van der Waals surface area (Å²) in [7, 11) is 1.81. The van der Waals surface area contributed by atoms with Gasteiger partial charge in [0.05, 0.1) is 0 Å². The molecule has 1 aliphatic rings. The maximum atomic E-state index is 4.35. The molecular weight excluding hydrogens is 346 g/mol. The van der Waals surface area contributed by atoms with Crippen molar-refractivity contribution in [3.8, 4) is 0 Å². The molecule has 2 aromatic rings. The summed E-state index contributed by atoms with van der Waals surface area (Å²) in [5, 5.41) is 6.78. The number of pyridine rings is 1. The maximum absolute atomic E-state index is 4.35. The van der Waals surface area contributed by atoms with Crippen molar-refractivity contribution < 1.29 is 0 Å². The van der Waals surface area contributed by atoms with Crippen molar-refractivity contribution in [2.45, 2.75) is 45.2 Å². The summed E-state index contributed by atoms with van der Waals surface area (Å²) in [6, 6.07) is 14.9. The van der Waals surface area contributed by atoms with Gasteiger partial charge in [0.25, 0.3) is 0 Å². The van der Waals surface area contributed by atoms with E-state index in [0.29, 0.717) is 0 Å². The van der Waals surface area contributed by atoms with E-state index in [1.165, 1.54) is 49.9 Å². The number of nitrogens with zero attached hydrogens (tertiary/aromatic N) is 3.